The Balaban J connectivity index is 0.00000144. The maximum atomic E-state index is 4.90. The van der Waals surface area contributed by atoms with E-state index >= 15 is 0 Å². The molecular formula is C9H15ClN2O. The van der Waals surface area contributed by atoms with Gasteiger partial charge >= 0.3 is 0 Å². The topological polar surface area (TPSA) is 34.1 Å². The summed E-state index contributed by atoms with van der Waals surface area (Å²) in [6.45, 7) is 2.52. The van der Waals surface area contributed by atoms with Crippen molar-refractivity contribution in [3.05, 3.63) is 30.1 Å². The maximum Gasteiger partial charge on any atom is 0.0587 e. The Kier molecular flexibility index (Phi) is 7.59. The van der Waals surface area contributed by atoms with Gasteiger partial charge in [0.25, 0.3) is 0 Å². The number of methoxy groups -OCH3 is 1. The Morgan fingerprint density at radius 2 is 2.08 bits per heavy atom. The van der Waals surface area contributed by atoms with Crippen LogP contribution < -0.4 is 5.32 Å². The number of nitrogens with zero attached hydrogens (tertiary/aromatic N) is 1. The number of hydrogen-bond donors (Lipinski definition) is 1. The number of aromatic nitrogens is 1. The average Bonchev–Trinajstić information content (AvgIpc) is 2.14. The van der Waals surface area contributed by atoms with E-state index in [1.807, 2.05) is 12.1 Å². The molecule has 1 N–H and O–H groups in total. The van der Waals surface area contributed by atoms with Crippen LogP contribution in [0.5, 0.6) is 0 Å². The number of halogens is 1. The molecule has 3 nitrogen and oxygen atoms in total. The van der Waals surface area contributed by atoms with Crippen LogP contribution in [0.1, 0.15) is 5.56 Å². The van der Waals surface area contributed by atoms with Gasteiger partial charge in [-0.25, -0.2) is 0 Å². The fourth-order valence-corrected chi connectivity index (χ4v) is 0.908. The third kappa shape index (κ3) is 5.58. The summed E-state index contributed by atoms with van der Waals surface area (Å²) in [5.74, 6) is 0. The third-order valence-electron chi connectivity index (χ3n) is 1.56. The first kappa shape index (κ1) is 12.4. The minimum absolute atomic E-state index is 0. The second-order valence-corrected chi connectivity index (χ2v) is 2.53. The van der Waals surface area contributed by atoms with Crippen molar-refractivity contribution in [3.63, 3.8) is 0 Å². The molecule has 0 atom stereocenters. The Morgan fingerprint density at radius 1 is 1.38 bits per heavy atom. The van der Waals surface area contributed by atoms with Crippen molar-refractivity contribution in [3.8, 4) is 0 Å². The highest BCUT2D eigenvalue weighted by atomic mass is 35.5. The summed E-state index contributed by atoms with van der Waals surface area (Å²) < 4.78 is 4.90. The SMILES string of the molecule is COCCNCc1ccncc1.Cl. The van der Waals surface area contributed by atoms with Gasteiger partial charge in [0.15, 0.2) is 0 Å². The minimum Gasteiger partial charge on any atom is -0.383 e. The molecule has 0 spiro atoms. The Bertz CT molecular complexity index is 206. The summed E-state index contributed by atoms with van der Waals surface area (Å²) in [5, 5.41) is 3.25. The van der Waals surface area contributed by atoms with Gasteiger partial charge < -0.3 is 10.1 Å². The van der Waals surface area contributed by atoms with Gasteiger partial charge in [-0.1, -0.05) is 0 Å². The molecule has 0 amide bonds. The summed E-state index contributed by atoms with van der Waals surface area (Å²) in [7, 11) is 1.70. The summed E-state index contributed by atoms with van der Waals surface area (Å²) in [4.78, 5) is 3.94. The third-order valence-corrected chi connectivity index (χ3v) is 1.56. The number of hydrogen-bond acceptors (Lipinski definition) is 3. The first-order chi connectivity index (χ1) is 5.93. The van der Waals surface area contributed by atoms with Crippen LogP contribution in [-0.2, 0) is 11.3 Å². The lowest BCUT2D eigenvalue weighted by atomic mass is 10.3. The molecule has 0 bridgehead atoms. The van der Waals surface area contributed by atoms with Crippen LogP contribution in [0.25, 0.3) is 0 Å². The Hall–Kier alpha value is -0.640. The lowest BCUT2D eigenvalue weighted by Gasteiger charge is -2.02. The summed E-state index contributed by atoms with van der Waals surface area (Å²) in [6.07, 6.45) is 3.60. The number of pyridine rings is 1. The smallest absolute Gasteiger partial charge is 0.0587 e. The highest BCUT2D eigenvalue weighted by Crippen LogP contribution is 1.93. The van der Waals surface area contributed by atoms with Gasteiger partial charge in [-0.15, -0.1) is 12.4 Å². The van der Waals surface area contributed by atoms with Gasteiger partial charge in [0.05, 0.1) is 6.61 Å². The van der Waals surface area contributed by atoms with Crippen molar-refractivity contribution in [2.24, 2.45) is 0 Å². The molecule has 0 saturated heterocycles. The molecule has 74 valence electrons. The standard InChI is InChI=1S/C9H14N2O.ClH/c1-12-7-6-11-8-9-2-4-10-5-3-9;/h2-5,11H,6-8H2,1H3;1H. The molecule has 4 heteroatoms. The first-order valence-corrected chi connectivity index (χ1v) is 4.02. The van der Waals surface area contributed by atoms with Crippen LogP contribution in [0.15, 0.2) is 24.5 Å². The van der Waals surface area contributed by atoms with Crippen molar-refractivity contribution in [2.75, 3.05) is 20.3 Å². The quantitative estimate of drug-likeness (QED) is 0.730. The van der Waals surface area contributed by atoms with Crippen LogP contribution >= 0.6 is 12.4 Å². The molecule has 0 aliphatic carbocycles. The molecule has 1 aromatic rings. The fourth-order valence-electron chi connectivity index (χ4n) is 0.908. The zero-order chi connectivity index (χ0) is 8.65. The van der Waals surface area contributed by atoms with E-state index in [0.29, 0.717) is 0 Å². The van der Waals surface area contributed by atoms with Gasteiger partial charge in [-0.2, -0.15) is 0 Å². The zero-order valence-corrected chi connectivity index (χ0v) is 8.51. The molecular weight excluding hydrogens is 188 g/mol. The van der Waals surface area contributed by atoms with E-state index in [-0.39, 0.29) is 12.4 Å². The zero-order valence-electron chi connectivity index (χ0n) is 7.69. The van der Waals surface area contributed by atoms with Gasteiger partial charge in [-0.05, 0) is 17.7 Å². The van der Waals surface area contributed by atoms with Crippen molar-refractivity contribution in [1.82, 2.24) is 10.3 Å². The van der Waals surface area contributed by atoms with Crippen LogP contribution in [0.2, 0.25) is 0 Å². The van der Waals surface area contributed by atoms with Gasteiger partial charge in [0.1, 0.15) is 0 Å². The van der Waals surface area contributed by atoms with Crippen molar-refractivity contribution < 1.29 is 4.74 Å². The second-order valence-electron chi connectivity index (χ2n) is 2.53. The monoisotopic (exact) mass is 202 g/mol. The van der Waals surface area contributed by atoms with Crippen LogP contribution in [-0.4, -0.2) is 25.2 Å². The average molecular weight is 203 g/mol. The Morgan fingerprint density at radius 3 is 2.69 bits per heavy atom. The van der Waals surface area contributed by atoms with Crippen molar-refractivity contribution >= 4 is 12.4 Å². The van der Waals surface area contributed by atoms with E-state index in [9.17, 15) is 0 Å². The lowest BCUT2D eigenvalue weighted by Crippen LogP contribution is -2.18. The molecule has 0 aromatic carbocycles. The molecule has 0 saturated carbocycles. The Labute approximate surface area is 84.9 Å². The van der Waals surface area contributed by atoms with E-state index in [2.05, 4.69) is 10.3 Å². The predicted molar refractivity (Wildman–Crippen MR) is 55.1 cm³/mol. The van der Waals surface area contributed by atoms with Crippen molar-refractivity contribution in [1.29, 1.82) is 0 Å². The molecule has 0 aliphatic heterocycles. The lowest BCUT2D eigenvalue weighted by molar-refractivity contribution is 0.199. The molecule has 13 heavy (non-hydrogen) atoms. The second kappa shape index (κ2) is 7.98. The molecule has 0 fully saturated rings. The van der Waals surface area contributed by atoms with Crippen molar-refractivity contribution in [2.45, 2.75) is 6.54 Å². The summed E-state index contributed by atoms with van der Waals surface area (Å²) in [5.41, 5.74) is 1.25. The van der Waals surface area contributed by atoms with Gasteiger partial charge in [-0.3, -0.25) is 4.98 Å². The van der Waals surface area contributed by atoms with E-state index < -0.39 is 0 Å². The normalized spacial score (nSPS) is 9.31. The number of ether oxygens (including phenoxy) is 1. The molecule has 0 unspecified atom stereocenters. The fraction of sp³-hybridized carbons (Fsp3) is 0.444. The first-order valence-electron chi connectivity index (χ1n) is 4.02. The van der Waals surface area contributed by atoms with Gasteiger partial charge in [0, 0.05) is 32.6 Å². The van der Waals surface area contributed by atoms with Crippen LogP contribution in [0.4, 0.5) is 0 Å². The maximum absolute atomic E-state index is 4.90. The largest absolute Gasteiger partial charge is 0.383 e. The number of rotatable bonds is 5. The molecule has 0 aliphatic rings. The van der Waals surface area contributed by atoms with E-state index in [1.54, 1.807) is 19.5 Å². The van der Waals surface area contributed by atoms with Crippen LogP contribution in [0, 0.1) is 0 Å². The summed E-state index contributed by atoms with van der Waals surface area (Å²) >= 11 is 0. The molecule has 1 heterocycles. The summed E-state index contributed by atoms with van der Waals surface area (Å²) in [6, 6.07) is 4.00. The highest BCUT2D eigenvalue weighted by molar-refractivity contribution is 5.85. The van der Waals surface area contributed by atoms with E-state index in [0.717, 1.165) is 19.7 Å². The van der Waals surface area contributed by atoms with Crippen LogP contribution in [0.3, 0.4) is 0 Å². The van der Waals surface area contributed by atoms with E-state index in [4.69, 9.17) is 4.74 Å². The number of nitrogens with one attached hydrogen (secondary N) is 1. The molecule has 0 radical (unpaired) electrons. The molecule has 1 aromatic heterocycles. The van der Waals surface area contributed by atoms with Gasteiger partial charge in [0.2, 0.25) is 0 Å². The highest BCUT2D eigenvalue weighted by Gasteiger charge is 1.89. The van der Waals surface area contributed by atoms with E-state index in [1.165, 1.54) is 5.56 Å². The minimum atomic E-state index is 0. The molecule has 1 rings (SSSR count). The predicted octanol–water partition coefficient (Wildman–Crippen LogP) is 1.24.